The van der Waals surface area contributed by atoms with Gasteiger partial charge in [-0.3, -0.25) is 9.59 Å². The van der Waals surface area contributed by atoms with Crippen molar-refractivity contribution in [3.05, 3.63) is 59.1 Å². The van der Waals surface area contributed by atoms with E-state index in [-0.39, 0.29) is 31.2 Å². The fourth-order valence-electron chi connectivity index (χ4n) is 3.85. The number of nitrogens with one attached hydrogen (secondary N) is 1. The Kier molecular flexibility index (Phi) is 8.26. The number of benzene rings is 1. The molecule has 1 N–H and O–H groups in total. The van der Waals surface area contributed by atoms with Crippen LogP contribution in [0.5, 0.6) is 11.6 Å². The van der Waals surface area contributed by atoms with Crippen LogP contribution in [0, 0.1) is 0 Å². The van der Waals surface area contributed by atoms with Crippen molar-refractivity contribution >= 4 is 11.7 Å². The van der Waals surface area contributed by atoms with Crippen LogP contribution in [-0.2, 0) is 11.3 Å². The fourth-order valence-corrected chi connectivity index (χ4v) is 3.85. The molecule has 10 heteroatoms. The molecule has 4 rings (SSSR count). The number of ether oxygens (including phenoxy) is 2. The highest BCUT2D eigenvalue weighted by Crippen LogP contribution is 2.21. The molecule has 1 saturated heterocycles. The largest absolute Gasteiger partial charge is 0.494 e. The summed E-state index contributed by atoms with van der Waals surface area (Å²) in [5.41, 5.74) is 1.07. The molecular formula is C25H30N6O4. The van der Waals surface area contributed by atoms with Gasteiger partial charge in [-0.25, -0.2) is 14.6 Å². The Morgan fingerprint density at radius 3 is 2.60 bits per heavy atom. The second-order valence-corrected chi connectivity index (χ2v) is 8.13. The highest BCUT2D eigenvalue weighted by Gasteiger charge is 2.13. The predicted octanol–water partition coefficient (Wildman–Crippen LogP) is 2.28. The van der Waals surface area contributed by atoms with Crippen molar-refractivity contribution in [2.45, 2.75) is 32.7 Å². The van der Waals surface area contributed by atoms with Crippen LogP contribution >= 0.6 is 0 Å². The molecule has 10 nitrogen and oxygen atoms in total. The average molecular weight is 479 g/mol. The SMILES string of the molecule is CCOc1ccc(-c2ccc(=O)n(CC(=O)NCCOc3cc(N4CCCCC4)ncn3)n2)cc1. The molecule has 0 bridgehead atoms. The van der Waals surface area contributed by atoms with E-state index < -0.39 is 0 Å². The summed E-state index contributed by atoms with van der Waals surface area (Å²) in [6.07, 6.45) is 5.06. The number of nitrogens with zero attached hydrogens (tertiary/aromatic N) is 5. The molecule has 1 amide bonds. The molecule has 3 aromatic rings. The lowest BCUT2D eigenvalue weighted by molar-refractivity contribution is -0.122. The van der Waals surface area contributed by atoms with Crippen LogP contribution in [0.4, 0.5) is 5.82 Å². The van der Waals surface area contributed by atoms with E-state index >= 15 is 0 Å². The summed E-state index contributed by atoms with van der Waals surface area (Å²) < 4.78 is 12.3. The zero-order chi connectivity index (χ0) is 24.5. The van der Waals surface area contributed by atoms with Crippen molar-refractivity contribution < 1.29 is 14.3 Å². The first-order valence-electron chi connectivity index (χ1n) is 11.9. The third-order valence-electron chi connectivity index (χ3n) is 5.60. The molecule has 0 saturated carbocycles. The van der Waals surface area contributed by atoms with Crippen LogP contribution in [0.2, 0.25) is 0 Å². The lowest BCUT2D eigenvalue weighted by Gasteiger charge is -2.27. The van der Waals surface area contributed by atoms with Gasteiger partial charge in [-0.1, -0.05) is 0 Å². The molecule has 35 heavy (non-hydrogen) atoms. The number of carbonyl (C=O) groups excluding carboxylic acids is 1. The van der Waals surface area contributed by atoms with Gasteiger partial charge in [-0.05, 0) is 56.5 Å². The van der Waals surface area contributed by atoms with E-state index in [1.807, 2.05) is 37.3 Å². The van der Waals surface area contributed by atoms with Gasteiger partial charge >= 0.3 is 0 Å². The van der Waals surface area contributed by atoms with Gasteiger partial charge in [-0.2, -0.15) is 5.10 Å². The van der Waals surface area contributed by atoms with Crippen molar-refractivity contribution in [2.24, 2.45) is 0 Å². The number of carbonyl (C=O) groups is 1. The first-order valence-corrected chi connectivity index (χ1v) is 11.9. The normalized spacial score (nSPS) is 13.3. The Labute approximate surface area is 203 Å². The molecule has 0 radical (unpaired) electrons. The molecule has 0 aliphatic carbocycles. The third-order valence-corrected chi connectivity index (χ3v) is 5.60. The fraction of sp³-hybridized carbons (Fsp3) is 0.400. The lowest BCUT2D eigenvalue weighted by atomic mass is 10.1. The first-order chi connectivity index (χ1) is 17.1. The van der Waals surface area contributed by atoms with Gasteiger partial charge in [0.25, 0.3) is 5.56 Å². The summed E-state index contributed by atoms with van der Waals surface area (Å²) in [5.74, 6) is 1.76. The summed E-state index contributed by atoms with van der Waals surface area (Å²) in [7, 11) is 0. The Bertz CT molecular complexity index is 1180. The van der Waals surface area contributed by atoms with Crippen LogP contribution in [0.15, 0.2) is 53.6 Å². The summed E-state index contributed by atoms with van der Waals surface area (Å²) >= 11 is 0. The number of aromatic nitrogens is 4. The number of piperidine rings is 1. The summed E-state index contributed by atoms with van der Waals surface area (Å²) in [6, 6.07) is 12.3. The maximum atomic E-state index is 12.4. The first kappa shape index (κ1) is 24.2. The number of rotatable bonds is 10. The summed E-state index contributed by atoms with van der Waals surface area (Å²) in [6.45, 7) is 4.81. The van der Waals surface area contributed by atoms with E-state index in [2.05, 4.69) is 25.3 Å². The van der Waals surface area contributed by atoms with Crippen molar-refractivity contribution in [3.63, 3.8) is 0 Å². The molecule has 1 fully saturated rings. The van der Waals surface area contributed by atoms with Gasteiger partial charge in [0.1, 0.15) is 31.0 Å². The highest BCUT2D eigenvalue weighted by molar-refractivity contribution is 5.75. The number of amides is 1. The summed E-state index contributed by atoms with van der Waals surface area (Å²) in [5, 5.41) is 7.09. The molecule has 0 spiro atoms. The Morgan fingerprint density at radius 2 is 1.83 bits per heavy atom. The number of anilines is 1. The Hall–Kier alpha value is -3.95. The molecule has 0 unspecified atom stereocenters. The highest BCUT2D eigenvalue weighted by atomic mass is 16.5. The quantitative estimate of drug-likeness (QED) is 0.442. The smallest absolute Gasteiger partial charge is 0.267 e. The van der Waals surface area contributed by atoms with E-state index in [1.165, 1.54) is 18.8 Å². The van der Waals surface area contributed by atoms with Crippen molar-refractivity contribution in [1.29, 1.82) is 0 Å². The number of hydrogen-bond donors (Lipinski definition) is 1. The van der Waals surface area contributed by atoms with E-state index in [4.69, 9.17) is 9.47 Å². The Morgan fingerprint density at radius 1 is 1.03 bits per heavy atom. The predicted molar refractivity (Wildman–Crippen MR) is 132 cm³/mol. The van der Waals surface area contributed by atoms with Gasteiger partial charge in [0.15, 0.2) is 0 Å². The van der Waals surface area contributed by atoms with Gasteiger partial charge in [-0.15, -0.1) is 0 Å². The van der Waals surface area contributed by atoms with E-state index in [9.17, 15) is 9.59 Å². The van der Waals surface area contributed by atoms with Crippen molar-refractivity contribution in [3.8, 4) is 22.9 Å². The molecule has 184 valence electrons. The zero-order valence-electron chi connectivity index (χ0n) is 19.9. The third kappa shape index (κ3) is 6.78. The van der Waals surface area contributed by atoms with Crippen molar-refractivity contribution in [1.82, 2.24) is 25.1 Å². The molecule has 3 heterocycles. The van der Waals surface area contributed by atoms with Gasteiger partial charge in [0, 0.05) is 30.8 Å². The molecule has 1 aliphatic heterocycles. The lowest BCUT2D eigenvalue weighted by Crippen LogP contribution is -2.35. The Balaban J connectivity index is 1.27. The zero-order valence-corrected chi connectivity index (χ0v) is 19.9. The molecule has 2 aromatic heterocycles. The van der Waals surface area contributed by atoms with Gasteiger partial charge in [0.2, 0.25) is 11.8 Å². The second-order valence-electron chi connectivity index (χ2n) is 8.13. The van der Waals surface area contributed by atoms with Gasteiger partial charge in [0.05, 0.1) is 18.8 Å². The average Bonchev–Trinajstić information content (AvgIpc) is 2.89. The van der Waals surface area contributed by atoms with E-state index in [0.29, 0.717) is 18.2 Å². The minimum atomic E-state index is -0.350. The van der Waals surface area contributed by atoms with Crippen molar-refractivity contribution in [2.75, 3.05) is 37.7 Å². The molecule has 1 aromatic carbocycles. The minimum Gasteiger partial charge on any atom is -0.494 e. The monoisotopic (exact) mass is 478 g/mol. The van der Waals surface area contributed by atoms with Crippen LogP contribution in [-0.4, -0.2) is 58.5 Å². The topological polar surface area (TPSA) is 111 Å². The molecular weight excluding hydrogens is 448 g/mol. The molecule has 1 aliphatic rings. The van der Waals surface area contributed by atoms with Crippen LogP contribution in [0.3, 0.4) is 0 Å². The standard InChI is InChI=1S/C25H30N6O4/c1-2-34-20-8-6-19(7-9-20)21-10-11-25(33)31(29-21)17-23(32)26-12-15-35-24-16-22(27-18-28-24)30-13-4-3-5-14-30/h6-11,16,18H,2-5,12-15,17H2,1H3,(H,26,32). The molecule has 0 atom stereocenters. The summed E-state index contributed by atoms with van der Waals surface area (Å²) in [4.78, 5) is 35.3. The van der Waals surface area contributed by atoms with Crippen LogP contribution in [0.25, 0.3) is 11.3 Å². The van der Waals surface area contributed by atoms with Crippen LogP contribution in [0.1, 0.15) is 26.2 Å². The second kappa shape index (κ2) is 12.0. The van der Waals surface area contributed by atoms with E-state index in [0.717, 1.165) is 47.7 Å². The maximum absolute atomic E-state index is 12.4. The number of hydrogen-bond acceptors (Lipinski definition) is 8. The van der Waals surface area contributed by atoms with Gasteiger partial charge < -0.3 is 19.7 Å². The minimum absolute atomic E-state index is 0.184. The van der Waals surface area contributed by atoms with E-state index in [1.54, 1.807) is 6.07 Å². The maximum Gasteiger partial charge on any atom is 0.267 e. The van der Waals surface area contributed by atoms with Crippen LogP contribution < -0.4 is 25.2 Å².